The van der Waals surface area contributed by atoms with Gasteiger partial charge in [0.25, 0.3) is 5.91 Å². The molecule has 1 aliphatic rings. The van der Waals surface area contributed by atoms with Crippen LogP contribution >= 0.6 is 0 Å². The maximum Gasteiger partial charge on any atom is 0.417 e. The molecule has 0 atom stereocenters. The van der Waals surface area contributed by atoms with Gasteiger partial charge in [0.05, 0.1) is 10.5 Å². The topological polar surface area (TPSA) is 91.4 Å². The van der Waals surface area contributed by atoms with Gasteiger partial charge in [-0.3, -0.25) is 4.79 Å². The van der Waals surface area contributed by atoms with Crippen molar-refractivity contribution in [1.82, 2.24) is 15.0 Å². The molecular formula is C21H23F3N4O3S. The van der Waals surface area contributed by atoms with Crippen LogP contribution in [0.2, 0.25) is 0 Å². The van der Waals surface area contributed by atoms with Gasteiger partial charge in [-0.05, 0) is 49.2 Å². The lowest BCUT2D eigenvalue weighted by molar-refractivity contribution is -0.137. The Balaban J connectivity index is 1.54. The molecule has 1 aromatic carbocycles. The summed E-state index contributed by atoms with van der Waals surface area (Å²) < 4.78 is 64.5. The molecule has 1 saturated heterocycles. The third kappa shape index (κ3) is 5.86. The first-order valence-electron chi connectivity index (χ1n) is 9.90. The lowest BCUT2D eigenvalue weighted by Crippen LogP contribution is -2.45. The Labute approximate surface area is 184 Å². The van der Waals surface area contributed by atoms with Gasteiger partial charge in [-0.25, -0.2) is 18.1 Å². The van der Waals surface area contributed by atoms with Crippen molar-refractivity contribution in [3.8, 4) is 0 Å². The molecule has 32 heavy (non-hydrogen) atoms. The normalized spacial score (nSPS) is 15.4. The van der Waals surface area contributed by atoms with Gasteiger partial charge in [0.15, 0.2) is 0 Å². The summed E-state index contributed by atoms with van der Waals surface area (Å²) in [5, 5.41) is 2.92. The molecule has 2 aromatic rings. The number of aromatic nitrogens is 1. The molecule has 0 radical (unpaired) electrons. The van der Waals surface area contributed by atoms with Crippen molar-refractivity contribution >= 4 is 21.7 Å². The molecule has 11 heteroatoms. The second-order valence-corrected chi connectivity index (χ2v) is 9.07. The molecule has 0 spiro atoms. The molecule has 0 unspecified atom stereocenters. The van der Waals surface area contributed by atoms with Crippen LogP contribution in [0.3, 0.4) is 0 Å². The average molecular weight is 469 g/mol. The van der Waals surface area contributed by atoms with Gasteiger partial charge < -0.3 is 10.2 Å². The SMILES string of the molecule is C=CCNS(=O)(=O)c1ccc(C(=O)NC2CCN(c3ccc(C(F)(F)F)cn3)CC2)cc1. The summed E-state index contributed by atoms with van der Waals surface area (Å²) >= 11 is 0. The summed E-state index contributed by atoms with van der Waals surface area (Å²) in [6, 6.07) is 7.86. The summed E-state index contributed by atoms with van der Waals surface area (Å²) in [6.07, 6.45) is -0.968. The van der Waals surface area contributed by atoms with E-state index in [4.69, 9.17) is 0 Å². The highest BCUT2D eigenvalue weighted by Gasteiger charge is 2.31. The van der Waals surface area contributed by atoms with Crippen molar-refractivity contribution < 1.29 is 26.4 Å². The zero-order chi connectivity index (χ0) is 23.4. The number of nitrogens with one attached hydrogen (secondary N) is 2. The average Bonchev–Trinajstić information content (AvgIpc) is 2.78. The van der Waals surface area contributed by atoms with Gasteiger partial charge >= 0.3 is 6.18 Å². The van der Waals surface area contributed by atoms with E-state index in [1.54, 1.807) is 0 Å². The van der Waals surface area contributed by atoms with Crippen molar-refractivity contribution in [1.29, 1.82) is 0 Å². The number of pyridine rings is 1. The number of amides is 1. The number of rotatable bonds is 7. The highest BCUT2D eigenvalue weighted by molar-refractivity contribution is 7.89. The van der Waals surface area contributed by atoms with Gasteiger partial charge in [0, 0.05) is 37.4 Å². The summed E-state index contributed by atoms with van der Waals surface area (Å²) in [4.78, 5) is 18.3. The molecule has 1 aromatic heterocycles. The van der Waals surface area contributed by atoms with Crippen molar-refractivity contribution in [2.45, 2.75) is 30.0 Å². The predicted molar refractivity (Wildman–Crippen MR) is 114 cm³/mol. The lowest BCUT2D eigenvalue weighted by atomic mass is 10.0. The maximum absolute atomic E-state index is 12.7. The minimum Gasteiger partial charge on any atom is -0.356 e. The smallest absolute Gasteiger partial charge is 0.356 e. The molecule has 1 amide bonds. The zero-order valence-corrected chi connectivity index (χ0v) is 17.9. The van der Waals surface area contributed by atoms with E-state index in [1.165, 1.54) is 36.4 Å². The zero-order valence-electron chi connectivity index (χ0n) is 17.1. The Morgan fingerprint density at radius 1 is 1.16 bits per heavy atom. The number of halogens is 3. The Morgan fingerprint density at radius 2 is 1.81 bits per heavy atom. The van der Waals surface area contributed by atoms with Gasteiger partial charge in [0.2, 0.25) is 10.0 Å². The van der Waals surface area contributed by atoms with Crippen LogP contribution in [0.4, 0.5) is 19.0 Å². The minimum atomic E-state index is -4.42. The molecule has 0 aliphatic carbocycles. The molecule has 0 bridgehead atoms. The van der Waals surface area contributed by atoms with E-state index < -0.39 is 21.8 Å². The van der Waals surface area contributed by atoms with Crippen molar-refractivity contribution in [2.24, 2.45) is 0 Å². The van der Waals surface area contributed by atoms with Crippen LogP contribution in [0.15, 0.2) is 60.1 Å². The number of anilines is 1. The minimum absolute atomic E-state index is 0.0493. The summed E-state index contributed by atoms with van der Waals surface area (Å²) in [7, 11) is -3.66. The third-order valence-electron chi connectivity index (χ3n) is 5.07. The number of carbonyl (C=O) groups excluding carboxylic acids is 1. The van der Waals surface area contributed by atoms with E-state index in [1.807, 2.05) is 4.90 Å². The van der Waals surface area contributed by atoms with E-state index in [0.29, 0.717) is 37.3 Å². The molecule has 2 heterocycles. The van der Waals surface area contributed by atoms with Crippen molar-refractivity contribution in [2.75, 3.05) is 24.5 Å². The molecule has 1 fully saturated rings. The van der Waals surface area contributed by atoms with E-state index in [-0.39, 0.29) is 23.4 Å². The van der Waals surface area contributed by atoms with E-state index >= 15 is 0 Å². The number of hydrogen-bond acceptors (Lipinski definition) is 5. The second-order valence-electron chi connectivity index (χ2n) is 7.30. The fraction of sp³-hybridized carbons (Fsp3) is 0.333. The standard InChI is InChI=1S/C21H23F3N4O3S/c1-2-11-26-32(30,31)18-6-3-15(4-7-18)20(29)27-17-9-12-28(13-10-17)19-8-5-16(14-25-19)21(22,23)24/h2-8,14,17,26H,1,9-13H2,(H,27,29). The molecule has 172 valence electrons. The maximum atomic E-state index is 12.7. The van der Waals surface area contributed by atoms with Crippen molar-refractivity contribution in [3.63, 3.8) is 0 Å². The van der Waals surface area contributed by atoms with Crippen molar-refractivity contribution in [3.05, 3.63) is 66.4 Å². The van der Waals surface area contributed by atoms with Crippen LogP contribution in [0.1, 0.15) is 28.8 Å². The Morgan fingerprint density at radius 3 is 2.34 bits per heavy atom. The summed E-state index contributed by atoms with van der Waals surface area (Å²) in [5.41, 5.74) is -0.460. The number of alkyl halides is 3. The third-order valence-corrected chi connectivity index (χ3v) is 6.51. The summed E-state index contributed by atoms with van der Waals surface area (Å²) in [6.45, 7) is 4.63. The number of carbonyl (C=O) groups is 1. The molecule has 0 saturated carbocycles. The van der Waals surface area contributed by atoms with Crippen LogP contribution < -0.4 is 14.9 Å². The van der Waals surface area contributed by atoms with Crippen LogP contribution in [0, 0.1) is 0 Å². The van der Waals surface area contributed by atoms with E-state index in [2.05, 4.69) is 21.6 Å². The predicted octanol–water partition coefficient (Wildman–Crippen LogP) is 2.96. The summed E-state index contributed by atoms with van der Waals surface area (Å²) in [5.74, 6) is 0.142. The Bertz CT molecular complexity index is 1050. The highest BCUT2D eigenvalue weighted by atomic mass is 32.2. The number of sulfonamides is 1. The quantitative estimate of drug-likeness (QED) is 0.610. The Kier molecular flexibility index (Phi) is 7.19. The number of nitrogens with zero attached hydrogens (tertiary/aromatic N) is 2. The van der Waals surface area contributed by atoms with Crippen LogP contribution in [-0.2, 0) is 16.2 Å². The van der Waals surface area contributed by atoms with Crippen LogP contribution in [-0.4, -0.2) is 45.0 Å². The molecule has 1 aliphatic heterocycles. The highest BCUT2D eigenvalue weighted by Crippen LogP contribution is 2.29. The van der Waals surface area contributed by atoms with Gasteiger partial charge in [-0.15, -0.1) is 6.58 Å². The lowest BCUT2D eigenvalue weighted by Gasteiger charge is -2.33. The number of hydrogen-bond donors (Lipinski definition) is 2. The first-order chi connectivity index (χ1) is 15.1. The molecule has 2 N–H and O–H groups in total. The van der Waals surface area contributed by atoms with E-state index in [9.17, 15) is 26.4 Å². The first kappa shape index (κ1) is 23.7. The molecule has 7 nitrogen and oxygen atoms in total. The van der Waals surface area contributed by atoms with E-state index in [0.717, 1.165) is 12.3 Å². The number of benzene rings is 1. The van der Waals surface area contributed by atoms with Gasteiger partial charge in [0.1, 0.15) is 5.82 Å². The van der Waals surface area contributed by atoms with Gasteiger partial charge in [-0.2, -0.15) is 13.2 Å². The fourth-order valence-corrected chi connectivity index (χ4v) is 4.30. The second kappa shape index (κ2) is 9.70. The monoisotopic (exact) mass is 468 g/mol. The molecular weight excluding hydrogens is 445 g/mol. The number of piperidine rings is 1. The van der Waals surface area contributed by atoms with Crippen LogP contribution in [0.5, 0.6) is 0 Å². The fourth-order valence-electron chi connectivity index (χ4n) is 3.30. The van der Waals surface area contributed by atoms with Gasteiger partial charge in [-0.1, -0.05) is 6.08 Å². The largest absolute Gasteiger partial charge is 0.417 e. The Hall–Kier alpha value is -2.92. The molecule has 3 rings (SSSR count). The van der Waals surface area contributed by atoms with Crippen LogP contribution in [0.25, 0.3) is 0 Å². The first-order valence-corrected chi connectivity index (χ1v) is 11.4.